The van der Waals surface area contributed by atoms with Crippen molar-refractivity contribution < 1.29 is 17.9 Å². The molecule has 1 saturated carbocycles. The quantitative estimate of drug-likeness (QED) is 0.862. The molecule has 0 aromatic heterocycles. The molecule has 0 radical (unpaired) electrons. The van der Waals surface area contributed by atoms with Crippen LogP contribution < -0.4 is 11.1 Å². The molecule has 0 bridgehead atoms. The van der Waals surface area contributed by atoms with Gasteiger partial charge in [-0.05, 0) is 62.6 Å². The highest BCUT2D eigenvalue weighted by atomic mass is 19.4. The summed E-state index contributed by atoms with van der Waals surface area (Å²) in [5, 5.41) is 3.39. The predicted octanol–water partition coefficient (Wildman–Crippen LogP) is 3.83. The molecule has 1 aliphatic heterocycles. The summed E-state index contributed by atoms with van der Waals surface area (Å²) in [5.74, 6) is -0.0345. The van der Waals surface area contributed by atoms with Crippen molar-refractivity contribution in [3.8, 4) is 0 Å². The van der Waals surface area contributed by atoms with Crippen molar-refractivity contribution in [3.63, 3.8) is 0 Å². The second kappa shape index (κ2) is 8.06. The van der Waals surface area contributed by atoms with Gasteiger partial charge in [-0.15, -0.1) is 0 Å². The second-order valence-electron chi connectivity index (χ2n) is 7.26. The fourth-order valence-electron chi connectivity index (χ4n) is 4.05. The monoisotopic (exact) mass is 356 g/mol. The Morgan fingerprint density at radius 3 is 2.48 bits per heavy atom. The first-order chi connectivity index (χ1) is 11.9. The first-order valence-corrected chi connectivity index (χ1v) is 9.22. The Labute approximate surface area is 147 Å². The maximum Gasteiger partial charge on any atom is 0.416 e. The summed E-state index contributed by atoms with van der Waals surface area (Å²) in [6.07, 6.45) is 1.04. The zero-order chi connectivity index (χ0) is 17.9. The van der Waals surface area contributed by atoms with Gasteiger partial charge >= 0.3 is 6.18 Å². The number of hydrogen-bond donors (Lipinski definition) is 2. The fraction of sp³-hybridized carbons (Fsp3) is 0.684. The Morgan fingerprint density at radius 1 is 1.08 bits per heavy atom. The average Bonchev–Trinajstić information content (AvgIpc) is 2.61. The van der Waals surface area contributed by atoms with Gasteiger partial charge in [-0.2, -0.15) is 13.2 Å². The standard InChI is InChI=1S/C19H27F3N2O/c20-19(21,22)16-5-2-1-4-15(16)13-7-9-14(10-8-13)25-12-18-17(23)6-3-11-24-18/h1-2,4-5,13-14,17-18,24H,3,6-12,23H2/t13?,14?,17?,18-/m0/s1. The normalized spacial score (nSPS) is 31.0. The van der Waals surface area contributed by atoms with Gasteiger partial charge in [0.1, 0.15) is 0 Å². The minimum atomic E-state index is -4.28. The molecule has 1 aliphatic carbocycles. The van der Waals surface area contributed by atoms with E-state index < -0.39 is 11.7 Å². The lowest BCUT2D eigenvalue weighted by molar-refractivity contribution is -0.138. The molecular formula is C19H27F3N2O. The molecule has 2 fully saturated rings. The van der Waals surface area contributed by atoms with Crippen molar-refractivity contribution in [2.75, 3.05) is 13.2 Å². The van der Waals surface area contributed by atoms with Crippen LogP contribution in [0.2, 0.25) is 0 Å². The van der Waals surface area contributed by atoms with Gasteiger partial charge in [0.2, 0.25) is 0 Å². The first kappa shape index (κ1) is 18.7. The molecule has 2 atom stereocenters. The molecule has 0 spiro atoms. The summed E-state index contributed by atoms with van der Waals surface area (Å²) in [6, 6.07) is 6.29. The molecule has 3 N–H and O–H groups in total. The zero-order valence-corrected chi connectivity index (χ0v) is 14.4. The van der Waals surface area contributed by atoms with E-state index in [9.17, 15) is 13.2 Å². The molecule has 0 amide bonds. The summed E-state index contributed by atoms with van der Waals surface area (Å²) in [5.41, 5.74) is 6.05. The van der Waals surface area contributed by atoms with Gasteiger partial charge in [0.25, 0.3) is 0 Å². The van der Waals surface area contributed by atoms with Crippen LogP contribution in [0.3, 0.4) is 0 Å². The van der Waals surface area contributed by atoms with Crippen molar-refractivity contribution in [3.05, 3.63) is 35.4 Å². The SMILES string of the molecule is NC1CCCN[C@H]1COC1CCC(c2ccccc2C(F)(F)F)CC1. The number of piperidine rings is 1. The highest BCUT2D eigenvalue weighted by Gasteiger charge is 2.36. The zero-order valence-electron chi connectivity index (χ0n) is 14.4. The lowest BCUT2D eigenvalue weighted by atomic mass is 9.81. The number of nitrogens with two attached hydrogens (primary N) is 1. The molecule has 25 heavy (non-hydrogen) atoms. The third-order valence-corrected chi connectivity index (χ3v) is 5.53. The van der Waals surface area contributed by atoms with Crippen molar-refractivity contribution in [1.29, 1.82) is 0 Å². The highest BCUT2D eigenvalue weighted by Crippen LogP contribution is 2.41. The lowest BCUT2D eigenvalue weighted by Gasteiger charge is -2.34. The topological polar surface area (TPSA) is 47.3 Å². The lowest BCUT2D eigenvalue weighted by Crippen LogP contribution is -2.52. The van der Waals surface area contributed by atoms with Crippen LogP contribution in [0.1, 0.15) is 55.6 Å². The van der Waals surface area contributed by atoms with Crippen LogP contribution in [0, 0.1) is 0 Å². The predicted molar refractivity (Wildman–Crippen MR) is 91.4 cm³/mol. The molecule has 2 aliphatic rings. The van der Waals surface area contributed by atoms with Crippen molar-refractivity contribution in [2.24, 2.45) is 5.73 Å². The minimum Gasteiger partial charge on any atom is -0.377 e. The van der Waals surface area contributed by atoms with Crippen molar-refractivity contribution in [2.45, 2.75) is 68.8 Å². The first-order valence-electron chi connectivity index (χ1n) is 9.22. The maximum absolute atomic E-state index is 13.2. The van der Waals surface area contributed by atoms with Gasteiger partial charge in [-0.1, -0.05) is 18.2 Å². The Hall–Kier alpha value is -1.11. The number of ether oxygens (including phenoxy) is 1. The number of alkyl halides is 3. The molecule has 1 heterocycles. The average molecular weight is 356 g/mol. The Morgan fingerprint density at radius 2 is 1.80 bits per heavy atom. The second-order valence-corrected chi connectivity index (χ2v) is 7.26. The van der Waals surface area contributed by atoms with E-state index in [4.69, 9.17) is 10.5 Å². The number of nitrogens with one attached hydrogen (secondary N) is 1. The van der Waals surface area contributed by atoms with Gasteiger partial charge in [0.05, 0.1) is 18.3 Å². The van der Waals surface area contributed by atoms with E-state index in [1.54, 1.807) is 12.1 Å². The molecular weight excluding hydrogens is 329 g/mol. The van der Waals surface area contributed by atoms with E-state index in [1.165, 1.54) is 12.1 Å². The smallest absolute Gasteiger partial charge is 0.377 e. The molecule has 1 saturated heterocycles. The molecule has 1 aromatic carbocycles. The Bertz CT molecular complexity index is 556. The van der Waals surface area contributed by atoms with E-state index in [1.807, 2.05) is 0 Å². The van der Waals surface area contributed by atoms with Gasteiger partial charge in [-0.25, -0.2) is 0 Å². The highest BCUT2D eigenvalue weighted by molar-refractivity contribution is 5.33. The molecule has 1 aromatic rings. The van der Waals surface area contributed by atoms with E-state index in [-0.39, 0.29) is 24.1 Å². The Balaban J connectivity index is 1.52. The van der Waals surface area contributed by atoms with Gasteiger partial charge in [-0.3, -0.25) is 0 Å². The third-order valence-electron chi connectivity index (χ3n) is 5.53. The Kier molecular flexibility index (Phi) is 6.02. The van der Waals surface area contributed by atoms with Crippen LogP contribution in [-0.4, -0.2) is 31.3 Å². The summed E-state index contributed by atoms with van der Waals surface area (Å²) < 4.78 is 45.6. The van der Waals surface area contributed by atoms with E-state index in [0.29, 0.717) is 12.2 Å². The molecule has 3 rings (SSSR count). The van der Waals surface area contributed by atoms with E-state index in [0.717, 1.165) is 45.1 Å². The van der Waals surface area contributed by atoms with Crippen LogP contribution in [0.15, 0.2) is 24.3 Å². The van der Waals surface area contributed by atoms with Gasteiger partial charge in [0.15, 0.2) is 0 Å². The summed E-state index contributed by atoms with van der Waals surface area (Å²) >= 11 is 0. The van der Waals surface area contributed by atoms with Crippen LogP contribution in [0.25, 0.3) is 0 Å². The largest absolute Gasteiger partial charge is 0.416 e. The molecule has 3 nitrogen and oxygen atoms in total. The number of rotatable bonds is 4. The van der Waals surface area contributed by atoms with Crippen LogP contribution in [0.4, 0.5) is 13.2 Å². The van der Waals surface area contributed by atoms with Crippen molar-refractivity contribution in [1.82, 2.24) is 5.32 Å². The molecule has 6 heteroatoms. The van der Waals surface area contributed by atoms with E-state index >= 15 is 0 Å². The molecule has 1 unspecified atom stereocenters. The van der Waals surface area contributed by atoms with Crippen LogP contribution >= 0.6 is 0 Å². The van der Waals surface area contributed by atoms with Crippen molar-refractivity contribution >= 4 is 0 Å². The summed E-state index contributed by atoms with van der Waals surface area (Å²) in [4.78, 5) is 0. The van der Waals surface area contributed by atoms with Gasteiger partial charge < -0.3 is 15.8 Å². The summed E-state index contributed by atoms with van der Waals surface area (Å²) in [7, 11) is 0. The third kappa shape index (κ3) is 4.74. The van der Waals surface area contributed by atoms with Crippen LogP contribution in [0.5, 0.6) is 0 Å². The fourth-order valence-corrected chi connectivity index (χ4v) is 4.05. The number of hydrogen-bond acceptors (Lipinski definition) is 3. The maximum atomic E-state index is 13.2. The molecule has 140 valence electrons. The minimum absolute atomic E-state index is 0.0345. The van der Waals surface area contributed by atoms with Gasteiger partial charge in [0, 0.05) is 12.1 Å². The van der Waals surface area contributed by atoms with E-state index in [2.05, 4.69) is 5.32 Å². The number of benzene rings is 1. The van der Waals surface area contributed by atoms with Crippen LogP contribution in [-0.2, 0) is 10.9 Å². The number of halogens is 3. The summed E-state index contributed by atoms with van der Waals surface area (Å²) in [6.45, 7) is 1.57.